The molecule has 23 heavy (non-hydrogen) atoms. The summed E-state index contributed by atoms with van der Waals surface area (Å²) in [6.45, 7) is 4.25. The number of hydrogen-bond donors (Lipinski definition) is 3. The Hall–Kier alpha value is -0.160. The van der Waals surface area contributed by atoms with Crippen molar-refractivity contribution in [3.8, 4) is 0 Å². The summed E-state index contributed by atoms with van der Waals surface area (Å²) in [5.74, 6) is 0.334. The van der Waals surface area contributed by atoms with E-state index in [0.29, 0.717) is 12.3 Å². The molecule has 0 aromatic carbocycles. The van der Waals surface area contributed by atoms with E-state index in [1.54, 1.807) is 0 Å². The molecule has 0 spiro atoms. The molecule has 4 atom stereocenters. The predicted octanol–water partition coefficient (Wildman–Crippen LogP) is 3.42. The fourth-order valence-corrected chi connectivity index (χ4v) is 3.65. The zero-order chi connectivity index (χ0) is 17.1. The van der Waals surface area contributed by atoms with Crippen molar-refractivity contribution in [1.82, 2.24) is 0 Å². The number of ether oxygens (including phenoxy) is 1. The minimum absolute atomic E-state index is 0.178. The highest BCUT2D eigenvalue weighted by Gasteiger charge is 2.39. The summed E-state index contributed by atoms with van der Waals surface area (Å²) >= 11 is 0. The molecule has 1 saturated heterocycles. The molecule has 1 rings (SSSR count). The Morgan fingerprint density at radius 2 is 1.43 bits per heavy atom. The monoisotopic (exact) mass is 330 g/mol. The Morgan fingerprint density at radius 3 is 1.91 bits per heavy atom. The lowest BCUT2D eigenvalue weighted by molar-refractivity contribution is -0.196. The van der Waals surface area contributed by atoms with Gasteiger partial charge in [0.25, 0.3) is 0 Å². The molecule has 0 aliphatic carbocycles. The highest BCUT2D eigenvalue weighted by molar-refractivity contribution is 4.88. The van der Waals surface area contributed by atoms with Crippen LogP contribution in [0.4, 0.5) is 0 Å². The maximum atomic E-state index is 10.4. The van der Waals surface area contributed by atoms with Gasteiger partial charge in [-0.2, -0.15) is 0 Å². The van der Waals surface area contributed by atoms with Crippen LogP contribution < -0.4 is 0 Å². The summed E-state index contributed by atoms with van der Waals surface area (Å²) in [5.41, 5.74) is 0. The molecule has 1 aliphatic heterocycles. The van der Waals surface area contributed by atoms with E-state index in [9.17, 15) is 15.3 Å². The van der Waals surface area contributed by atoms with Crippen LogP contribution in [0.25, 0.3) is 0 Å². The molecule has 4 heteroatoms. The molecule has 138 valence electrons. The van der Waals surface area contributed by atoms with Crippen LogP contribution in [0.1, 0.15) is 84.5 Å². The maximum absolute atomic E-state index is 10.4. The molecule has 0 amide bonds. The lowest BCUT2D eigenvalue weighted by Gasteiger charge is -2.40. The zero-order valence-corrected chi connectivity index (χ0v) is 15.1. The molecule has 3 N–H and O–H groups in total. The van der Waals surface area contributed by atoms with Crippen molar-refractivity contribution >= 4 is 0 Å². The van der Waals surface area contributed by atoms with Crippen molar-refractivity contribution < 1.29 is 20.1 Å². The van der Waals surface area contributed by atoms with E-state index in [1.165, 1.54) is 51.4 Å². The molecule has 0 saturated carbocycles. The minimum Gasteiger partial charge on any atom is -0.394 e. The van der Waals surface area contributed by atoms with Gasteiger partial charge in [0, 0.05) is 6.42 Å². The van der Waals surface area contributed by atoms with E-state index < -0.39 is 18.3 Å². The van der Waals surface area contributed by atoms with Crippen LogP contribution >= 0.6 is 0 Å². The van der Waals surface area contributed by atoms with E-state index >= 15 is 0 Å². The molecule has 1 heterocycles. The van der Waals surface area contributed by atoms with Crippen molar-refractivity contribution in [1.29, 1.82) is 0 Å². The van der Waals surface area contributed by atoms with Crippen molar-refractivity contribution in [2.45, 2.75) is 109 Å². The normalized spacial score (nSPS) is 28.4. The third-order valence-electron chi connectivity index (χ3n) is 5.12. The largest absolute Gasteiger partial charge is 0.394 e. The number of aliphatic hydroxyl groups is 3. The average molecular weight is 331 g/mol. The molecular formula is C19H38O4. The van der Waals surface area contributed by atoms with E-state index in [4.69, 9.17) is 4.74 Å². The molecule has 1 fully saturated rings. The van der Waals surface area contributed by atoms with Crippen LogP contribution in [-0.2, 0) is 4.74 Å². The summed E-state index contributed by atoms with van der Waals surface area (Å²) in [6.07, 6.45) is 10.1. The molecule has 2 unspecified atom stereocenters. The topological polar surface area (TPSA) is 69.9 Å². The summed E-state index contributed by atoms with van der Waals surface area (Å²) in [4.78, 5) is 0. The van der Waals surface area contributed by atoms with Crippen LogP contribution in [0.2, 0.25) is 0 Å². The van der Waals surface area contributed by atoms with Gasteiger partial charge in [0.15, 0.2) is 0 Å². The summed E-state index contributed by atoms with van der Waals surface area (Å²) in [7, 11) is 0. The second-order valence-corrected chi connectivity index (χ2v) is 7.15. The van der Waals surface area contributed by atoms with Gasteiger partial charge in [-0.15, -0.1) is 0 Å². The molecule has 0 aromatic heterocycles. The van der Waals surface area contributed by atoms with Gasteiger partial charge in [-0.3, -0.25) is 0 Å². The first kappa shape index (κ1) is 20.9. The SMILES string of the molecule is CCCCCCC(CCCCCC)C1OC(CO)[C@@H](O)C[C@@H]1O. The summed E-state index contributed by atoms with van der Waals surface area (Å²) < 4.78 is 5.89. The Balaban J connectivity index is 2.56. The van der Waals surface area contributed by atoms with Crippen LogP contribution in [-0.4, -0.2) is 46.3 Å². The lowest BCUT2D eigenvalue weighted by atomic mass is 9.83. The third kappa shape index (κ3) is 7.51. The van der Waals surface area contributed by atoms with Crippen LogP contribution in [0, 0.1) is 5.92 Å². The van der Waals surface area contributed by atoms with E-state index in [1.807, 2.05) is 0 Å². The molecule has 0 radical (unpaired) electrons. The van der Waals surface area contributed by atoms with Crippen molar-refractivity contribution in [3.63, 3.8) is 0 Å². The Morgan fingerprint density at radius 1 is 0.870 bits per heavy atom. The van der Waals surface area contributed by atoms with Gasteiger partial charge < -0.3 is 20.1 Å². The number of aliphatic hydroxyl groups excluding tert-OH is 3. The predicted molar refractivity (Wildman–Crippen MR) is 93.4 cm³/mol. The second kappa shape index (κ2) is 12.2. The van der Waals surface area contributed by atoms with Crippen molar-refractivity contribution in [3.05, 3.63) is 0 Å². The van der Waals surface area contributed by atoms with E-state index in [2.05, 4.69) is 13.8 Å². The molecule has 4 nitrogen and oxygen atoms in total. The molecule has 0 bridgehead atoms. The Labute approximate surface area is 142 Å². The Kier molecular flexibility index (Phi) is 11.1. The van der Waals surface area contributed by atoms with Gasteiger partial charge in [-0.25, -0.2) is 0 Å². The van der Waals surface area contributed by atoms with Gasteiger partial charge in [-0.1, -0.05) is 65.2 Å². The van der Waals surface area contributed by atoms with Crippen LogP contribution in [0.3, 0.4) is 0 Å². The van der Waals surface area contributed by atoms with Crippen LogP contribution in [0.15, 0.2) is 0 Å². The third-order valence-corrected chi connectivity index (χ3v) is 5.12. The standard InChI is InChI=1S/C19H38O4/c1-3-5-7-9-11-15(12-10-8-6-4-2)19-17(22)13-16(21)18(14-20)23-19/h15-22H,3-14H2,1-2H3/t16-,17-,18?,19?/m0/s1. The summed E-state index contributed by atoms with van der Waals surface area (Å²) in [6, 6.07) is 0. The minimum atomic E-state index is -0.757. The molecular weight excluding hydrogens is 292 g/mol. The Bertz CT molecular complexity index is 273. The second-order valence-electron chi connectivity index (χ2n) is 7.15. The fraction of sp³-hybridized carbons (Fsp3) is 1.00. The fourth-order valence-electron chi connectivity index (χ4n) is 3.65. The zero-order valence-electron chi connectivity index (χ0n) is 15.1. The van der Waals surface area contributed by atoms with Gasteiger partial charge in [0.05, 0.1) is 24.9 Å². The lowest BCUT2D eigenvalue weighted by Crippen LogP contribution is -2.51. The quantitative estimate of drug-likeness (QED) is 0.480. The average Bonchev–Trinajstić information content (AvgIpc) is 2.54. The van der Waals surface area contributed by atoms with E-state index in [-0.39, 0.29) is 12.7 Å². The highest BCUT2D eigenvalue weighted by atomic mass is 16.5. The molecule has 0 aromatic rings. The van der Waals surface area contributed by atoms with Gasteiger partial charge in [0.1, 0.15) is 6.10 Å². The number of hydrogen-bond acceptors (Lipinski definition) is 4. The van der Waals surface area contributed by atoms with Crippen molar-refractivity contribution in [2.75, 3.05) is 6.61 Å². The highest BCUT2D eigenvalue weighted by Crippen LogP contribution is 2.31. The molecule has 1 aliphatic rings. The van der Waals surface area contributed by atoms with Crippen LogP contribution in [0.5, 0.6) is 0 Å². The van der Waals surface area contributed by atoms with Gasteiger partial charge >= 0.3 is 0 Å². The number of unbranched alkanes of at least 4 members (excludes halogenated alkanes) is 6. The maximum Gasteiger partial charge on any atom is 0.107 e. The first-order valence-corrected chi connectivity index (χ1v) is 9.76. The van der Waals surface area contributed by atoms with Crippen molar-refractivity contribution in [2.24, 2.45) is 5.92 Å². The summed E-state index contributed by atoms with van der Waals surface area (Å²) in [5, 5.41) is 29.6. The van der Waals surface area contributed by atoms with Gasteiger partial charge in [0.2, 0.25) is 0 Å². The number of rotatable bonds is 12. The first-order valence-electron chi connectivity index (χ1n) is 9.76. The van der Waals surface area contributed by atoms with E-state index in [0.717, 1.165) is 12.8 Å². The first-order chi connectivity index (χ1) is 11.1. The smallest absolute Gasteiger partial charge is 0.107 e. The van der Waals surface area contributed by atoms with Gasteiger partial charge in [-0.05, 0) is 18.8 Å².